The molecule has 0 unspecified atom stereocenters. The average Bonchev–Trinajstić information content (AvgIpc) is 2.92. The summed E-state index contributed by atoms with van der Waals surface area (Å²) < 4.78 is 2.28. The molecule has 2 aromatic heterocycles. The van der Waals surface area contributed by atoms with Gasteiger partial charge in [-0.25, -0.2) is 0 Å². The highest BCUT2D eigenvalue weighted by Gasteiger charge is 2.12. The van der Waals surface area contributed by atoms with Crippen molar-refractivity contribution in [2.24, 2.45) is 0 Å². The number of nitrogens with zero attached hydrogens (tertiary/aromatic N) is 2. The van der Waals surface area contributed by atoms with E-state index in [1.807, 2.05) is 6.07 Å². The molecule has 4 rings (SSSR count). The van der Waals surface area contributed by atoms with E-state index in [-0.39, 0.29) is 0 Å². The Hall–Kier alpha value is -2.61. The van der Waals surface area contributed by atoms with Crippen LogP contribution in [0.15, 0.2) is 60.8 Å². The predicted octanol–water partition coefficient (Wildman–Crippen LogP) is 4.80. The molecule has 0 fully saturated rings. The lowest BCUT2D eigenvalue weighted by atomic mass is 10.1. The number of benzene rings is 2. The molecule has 0 aliphatic rings. The van der Waals surface area contributed by atoms with Gasteiger partial charge in [-0.05, 0) is 43.0 Å². The van der Waals surface area contributed by atoms with Crippen molar-refractivity contribution in [3.8, 4) is 5.69 Å². The van der Waals surface area contributed by atoms with E-state index in [0.717, 1.165) is 11.2 Å². The van der Waals surface area contributed by atoms with Gasteiger partial charge in [0.2, 0.25) is 0 Å². The molecule has 0 saturated heterocycles. The summed E-state index contributed by atoms with van der Waals surface area (Å²) >= 11 is 0. The highest BCUT2D eigenvalue weighted by Crippen LogP contribution is 2.29. The Morgan fingerprint density at radius 2 is 1.62 bits per heavy atom. The number of hydrogen-bond acceptors (Lipinski definition) is 1. The molecule has 2 heterocycles. The molecule has 0 saturated carbocycles. The summed E-state index contributed by atoms with van der Waals surface area (Å²) in [5.74, 6) is 0. The fraction of sp³-hybridized carbons (Fsp3) is 0.105. The van der Waals surface area contributed by atoms with Crippen molar-refractivity contribution >= 4 is 21.8 Å². The quantitative estimate of drug-likeness (QED) is 0.487. The molecule has 0 aliphatic carbocycles. The molecule has 102 valence electrons. The third-order valence-electron chi connectivity index (χ3n) is 4.19. The number of fused-ring (bicyclic) bond motifs is 2. The Labute approximate surface area is 123 Å². The number of para-hydroxylation sites is 2. The monoisotopic (exact) mass is 272 g/mol. The molecule has 21 heavy (non-hydrogen) atoms. The normalized spacial score (nSPS) is 11.3. The van der Waals surface area contributed by atoms with Crippen LogP contribution in [0, 0.1) is 13.8 Å². The maximum atomic E-state index is 4.71. The summed E-state index contributed by atoms with van der Waals surface area (Å²) in [4.78, 5) is 4.71. The molecule has 2 heteroatoms. The number of rotatable bonds is 1. The van der Waals surface area contributed by atoms with Gasteiger partial charge in [0.15, 0.2) is 0 Å². The first kappa shape index (κ1) is 12.2. The smallest absolute Gasteiger partial charge is 0.0726 e. The highest BCUT2D eigenvalue weighted by molar-refractivity contribution is 5.92. The lowest BCUT2D eigenvalue weighted by molar-refractivity contribution is 1.08. The standard InChI is InChI=1S/C19H16N2/c1-13-14(2)20-17-9-5-4-8-16(17)19(13)21-12-11-15-7-3-6-10-18(15)21/h3-12H,1-2H3. The predicted molar refractivity (Wildman–Crippen MR) is 88.1 cm³/mol. The van der Waals surface area contributed by atoms with Crippen LogP contribution in [0.1, 0.15) is 11.3 Å². The molecule has 0 N–H and O–H groups in total. The number of hydrogen-bond donors (Lipinski definition) is 0. The van der Waals surface area contributed by atoms with E-state index in [9.17, 15) is 0 Å². The zero-order chi connectivity index (χ0) is 14.4. The SMILES string of the molecule is Cc1nc2ccccc2c(-n2ccc3ccccc32)c1C. The molecule has 0 bridgehead atoms. The second-order valence-electron chi connectivity index (χ2n) is 5.43. The number of aryl methyl sites for hydroxylation is 1. The summed E-state index contributed by atoms with van der Waals surface area (Å²) in [5.41, 5.74) is 5.83. The number of aromatic nitrogens is 2. The Morgan fingerprint density at radius 1 is 0.857 bits per heavy atom. The van der Waals surface area contributed by atoms with Crippen LogP contribution in [0.25, 0.3) is 27.5 Å². The topological polar surface area (TPSA) is 17.8 Å². The zero-order valence-corrected chi connectivity index (χ0v) is 12.2. The summed E-state index contributed by atoms with van der Waals surface area (Å²) in [5, 5.41) is 2.46. The van der Waals surface area contributed by atoms with Crippen LogP contribution in [0.2, 0.25) is 0 Å². The third-order valence-corrected chi connectivity index (χ3v) is 4.19. The Balaban J connectivity index is 2.17. The molecule has 0 amide bonds. The van der Waals surface area contributed by atoms with Crippen LogP contribution in [-0.2, 0) is 0 Å². The van der Waals surface area contributed by atoms with Gasteiger partial charge >= 0.3 is 0 Å². The molecule has 0 aliphatic heterocycles. The molecular weight excluding hydrogens is 256 g/mol. The van der Waals surface area contributed by atoms with Crippen LogP contribution < -0.4 is 0 Å². The fourth-order valence-corrected chi connectivity index (χ4v) is 3.00. The van der Waals surface area contributed by atoms with Gasteiger partial charge in [0.1, 0.15) is 0 Å². The molecule has 0 atom stereocenters. The molecule has 2 aromatic carbocycles. The zero-order valence-electron chi connectivity index (χ0n) is 12.2. The van der Waals surface area contributed by atoms with Crippen LogP contribution in [0.5, 0.6) is 0 Å². The largest absolute Gasteiger partial charge is 0.316 e. The van der Waals surface area contributed by atoms with E-state index >= 15 is 0 Å². The second kappa shape index (κ2) is 4.45. The van der Waals surface area contributed by atoms with Crippen molar-refractivity contribution in [3.63, 3.8) is 0 Å². The van der Waals surface area contributed by atoms with Crippen molar-refractivity contribution in [2.45, 2.75) is 13.8 Å². The van der Waals surface area contributed by atoms with E-state index in [1.165, 1.54) is 27.5 Å². The Kier molecular flexibility index (Phi) is 2.58. The first-order valence-electron chi connectivity index (χ1n) is 7.18. The van der Waals surface area contributed by atoms with Crippen LogP contribution in [-0.4, -0.2) is 9.55 Å². The fourth-order valence-electron chi connectivity index (χ4n) is 3.00. The van der Waals surface area contributed by atoms with Gasteiger partial charge in [-0.3, -0.25) is 4.98 Å². The van der Waals surface area contributed by atoms with Gasteiger partial charge in [-0.2, -0.15) is 0 Å². The van der Waals surface area contributed by atoms with E-state index in [1.54, 1.807) is 0 Å². The summed E-state index contributed by atoms with van der Waals surface area (Å²) in [6, 6.07) is 19.0. The summed E-state index contributed by atoms with van der Waals surface area (Å²) in [6.45, 7) is 4.23. The summed E-state index contributed by atoms with van der Waals surface area (Å²) in [7, 11) is 0. The first-order chi connectivity index (χ1) is 10.3. The minimum Gasteiger partial charge on any atom is -0.316 e. The van der Waals surface area contributed by atoms with Gasteiger partial charge < -0.3 is 4.57 Å². The van der Waals surface area contributed by atoms with Gasteiger partial charge in [-0.1, -0.05) is 36.4 Å². The van der Waals surface area contributed by atoms with Crippen molar-refractivity contribution in [1.29, 1.82) is 0 Å². The van der Waals surface area contributed by atoms with Crippen molar-refractivity contribution in [1.82, 2.24) is 9.55 Å². The molecule has 0 spiro atoms. The van der Waals surface area contributed by atoms with Gasteiger partial charge in [0.05, 0.1) is 16.7 Å². The van der Waals surface area contributed by atoms with Gasteiger partial charge in [0.25, 0.3) is 0 Å². The van der Waals surface area contributed by atoms with Gasteiger partial charge in [-0.15, -0.1) is 0 Å². The molecule has 4 aromatic rings. The minimum atomic E-state index is 1.05. The maximum absolute atomic E-state index is 4.71. The highest BCUT2D eigenvalue weighted by atomic mass is 15.0. The van der Waals surface area contributed by atoms with E-state index in [4.69, 9.17) is 4.98 Å². The van der Waals surface area contributed by atoms with Crippen molar-refractivity contribution in [2.75, 3.05) is 0 Å². The first-order valence-corrected chi connectivity index (χ1v) is 7.18. The van der Waals surface area contributed by atoms with Crippen LogP contribution >= 0.6 is 0 Å². The average molecular weight is 272 g/mol. The lowest BCUT2D eigenvalue weighted by Gasteiger charge is -2.14. The van der Waals surface area contributed by atoms with E-state index in [0.29, 0.717) is 0 Å². The lowest BCUT2D eigenvalue weighted by Crippen LogP contribution is -2.01. The van der Waals surface area contributed by atoms with Crippen LogP contribution in [0.4, 0.5) is 0 Å². The molecule has 0 radical (unpaired) electrons. The molecule has 2 nitrogen and oxygen atoms in total. The van der Waals surface area contributed by atoms with Crippen molar-refractivity contribution in [3.05, 3.63) is 72.1 Å². The second-order valence-corrected chi connectivity index (χ2v) is 5.43. The van der Waals surface area contributed by atoms with Crippen molar-refractivity contribution < 1.29 is 0 Å². The maximum Gasteiger partial charge on any atom is 0.0726 e. The summed E-state index contributed by atoms with van der Waals surface area (Å²) in [6.07, 6.45) is 2.15. The molecular formula is C19H16N2. The van der Waals surface area contributed by atoms with Gasteiger partial charge in [0, 0.05) is 17.3 Å². The van der Waals surface area contributed by atoms with E-state index in [2.05, 4.69) is 73.1 Å². The Morgan fingerprint density at radius 3 is 2.52 bits per heavy atom. The minimum absolute atomic E-state index is 1.05. The number of pyridine rings is 1. The van der Waals surface area contributed by atoms with Crippen LogP contribution in [0.3, 0.4) is 0 Å². The van der Waals surface area contributed by atoms with E-state index < -0.39 is 0 Å². The Bertz CT molecular complexity index is 964. The third kappa shape index (κ3) is 1.76.